The fourth-order valence-corrected chi connectivity index (χ4v) is 5.24. The SMILES string of the molecule is CC(C)(C)c1nc(-c2cccc(-c3cc(F)cc(S(N)(=O)=O)c3F)c2F)c(-c2ccnc(Cl)n2)s1. The summed E-state index contributed by atoms with van der Waals surface area (Å²) in [5, 5.41) is 5.68. The standard InChI is InChI=1S/C23H18ClF3N4O2S2/c1-23(2,3)21-31-19(20(34-21)15-7-8-29-22(24)30-15)13-6-4-5-12(17(13)26)14-9-11(25)10-16(18(14)27)35(28,32)33/h4-10H,1-3H3,(H2,28,32,33). The lowest BCUT2D eigenvalue weighted by Crippen LogP contribution is -2.15. The zero-order valence-corrected chi connectivity index (χ0v) is 21.0. The normalized spacial score (nSPS) is 12.2. The summed E-state index contributed by atoms with van der Waals surface area (Å²) in [6.07, 6.45) is 1.45. The van der Waals surface area contributed by atoms with Gasteiger partial charge in [0.25, 0.3) is 0 Å². The molecular formula is C23H18ClF3N4O2S2. The molecule has 0 aliphatic heterocycles. The molecule has 0 fully saturated rings. The van der Waals surface area contributed by atoms with Gasteiger partial charge in [0.2, 0.25) is 15.3 Å². The summed E-state index contributed by atoms with van der Waals surface area (Å²) < 4.78 is 68.6. The minimum Gasteiger partial charge on any atom is -0.240 e. The molecule has 0 saturated carbocycles. The molecule has 2 aromatic carbocycles. The molecule has 2 aromatic heterocycles. The zero-order valence-electron chi connectivity index (χ0n) is 18.6. The van der Waals surface area contributed by atoms with Crippen LogP contribution in [0.25, 0.3) is 33.0 Å². The number of thiazole rings is 1. The smallest absolute Gasteiger partial charge is 0.240 e. The quantitative estimate of drug-likeness (QED) is 0.324. The topological polar surface area (TPSA) is 98.8 Å². The summed E-state index contributed by atoms with van der Waals surface area (Å²) in [5.41, 5.74) is -0.724. The first-order chi connectivity index (χ1) is 16.3. The van der Waals surface area contributed by atoms with Gasteiger partial charge in [-0.1, -0.05) is 32.9 Å². The fraction of sp³-hybridized carbons (Fsp3) is 0.174. The van der Waals surface area contributed by atoms with Crippen molar-refractivity contribution in [1.82, 2.24) is 15.0 Å². The van der Waals surface area contributed by atoms with E-state index in [0.717, 1.165) is 0 Å². The molecule has 0 spiro atoms. The molecule has 182 valence electrons. The van der Waals surface area contributed by atoms with E-state index >= 15 is 8.78 Å². The summed E-state index contributed by atoms with van der Waals surface area (Å²) in [4.78, 5) is 12.2. The Morgan fingerprint density at radius 1 is 0.971 bits per heavy atom. The van der Waals surface area contributed by atoms with Crippen molar-refractivity contribution in [3.8, 4) is 33.0 Å². The van der Waals surface area contributed by atoms with Crippen LogP contribution in [0.2, 0.25) is 5.28 Å². The average Bonchev–Trinajstić information content (AvgIpc) is 3.20. The van der Waals surface area contributed by atoms with Crippen LogP contribution in [0.15, 0.2) is 47.5 Å². The highest BCUT2D eigenvalue weighted by atomic mass is 35.5. The first-order valence-corrected chi connectivity index (χ1v) is 12.8. The molecule has 0 radical (unpaired) electrons. The Bertz CT molecular complexity index is 1570. The zero-order chi connectivity index (χ0) is 25.7. The Hall–Kier alpha value is -2.86. The summed E-state index contributed by atoms with van der Waals surface area (Å²) in [6, 6.07) is 6.83. The van der Waals surface area contributed by atoms with Crippen LogP contribution in [-0.4, -0.2) is 23.4 Å². The molecule has 2 N–H and O–H groups in total. The van der Waals surface area contributed by atoms with Gasteiger partial charge < -0.3 is 0 Å². The molecule has 0 saturated heterocycles. The second-order valence-corrected chi connectivity index (χ2v) is 11.5. The number of hydrogen-bond acceptors (Lipinski definition) is 6. The number of primary sulfonamides is 1. The molecule has 4 rings (SSSR count). The molecule has 0 unspecified atom stereocenters. The van der Waals surface area contributed by atoms with Crippen LogP contribution in [0.5, 0.6) is 0 Å². The Labute approximate surface area is 208 Å². The summed E-state index contributed by atoms with van der Waals surface area (Å²) in [5.74, 6) is -3.37. The van der Waals surface area contributed by atoms with Crippen LogP contribution in [0.4, 0.5) is 13.2 Å². The minimum absolute atomic E-state index is 0.00858. The maximum atomic E-state index is 15.9. The average molecular weight is 539 g/mol. The largest absolute Gasteiger partial charge is 0.241 e. The van der Waals surface area contributed by atoms with Gasteiger partial charge in [-0.25, -0.2) is 41.7 Å². The summed E-state index contributed by atoms with van der Waals surface area (Å²) in [6.45, 7) is 5.82. The number of benzene rings is 2. The highest BCUT2D eigenvalue weighted by molar-refractivity contribution is 7.89. The Morgan fingerprint density at radius 3 is 2.29 bits per heavy atom. The van der Waals surface area contributed by atoms with Crippen molar-refractivity contribution < 1.29 is 21.6 Å². The maximum absolute atomic E-state index is 15.9. The number of nitrogens with two attached hydrogens (primary N) is 1. The van der Waals surface area contributed by atoms with E-state index in [0.29, 0.717) is 27.7 Å². The number of hydrogen-bond donors (Lipinski definition) is 1. The monoisotopic (exact) mass is 538 g/mol. The van der Waals surface area contributed by atoms with E-state index in [1.165, 1.54) is 35.7 Å². The highest BCUT2D eigenvalue weighted by Gasteiger charge is 2.27. The van der Waals surface area contributed by atoms with Gasteiger partial charge >= 0.3 is 0 Å². The van der Waals surface area contributed by atoms with E-state index in [4.69, 9.17) is 16.7 Å². The van der Waals surface area contributed by atoms with E-state index < -0.39 is 37.9 Å². The van der Waals surface area contributed by atoms with Gasteiger partial charge in [0.15, 0.2) is 5.82 Å². The van der Waals surface area contributed by atoms with Gasteiger partial charge in [0.1, 0.15) is 16.5 Å². The van der Waals surface area contributed by atoms with Gasteiger partial charge in [-0.3, -0.25) is 0 Å². The Kier molecular flexibility index (Phi) is 6.47. The number of aromatic nitrogens is 3. The molecule has 0 aliphatic carbocycles. The van der Waals surface area contributed by atoms with E-state index in [2.05, 4.69) is 15.0 Å². The molecular weight excluding hydrogens is 521 g/mol. The second kappa shape index (κ2) is 8.98. The summed E-state index contributed by atoms with van der Waals surface area (Å²) in [7, 11) is -4.60. The number of sulfonamides is 1. The van der Waals surface area contributed by atoms with Gasteiger partial charge in [0, 0.05) is 28.3 Å². The summed E-state index contributed by atoms with van der Waals surface area (Å²) >= 11 is 7.25. The van der Waals surface area contributed by atoms with Gasteiger partial charge in [-0.2, -0.15) is 0 Å². The van der Waals surface area contributed by atoms with Gasteiger partial charge in [0.05, 0.1) is 21.3 Å². The van der Waals surface area contributed by atoms with Crippen LogP contribution in [0, 0.1) is 17.5 Å². The van der Waals surface area contributed by atoms with Crippen molar-refractivity contribution >= 4 is 33.0 Å². The van der Waals surface area contributed by atoms with E-state index in [9.17, 15) is 12.8 Å². The third kappa shape index (κ3) is 4.94. The van der Waals surface area contributed by atoms with Crippen molar-refractivity contribution in [2.24, 2.45) is 5.14 Å². The lowest BCUT2D eigenvalue weighted by atomic mass is 9.97. The van der Waals surface area contributed by atoms with Crippen LogP contribution < -0.4 is 5.14 Å². The highest BCUT2D eigenvalue weighted by Crippen LogP contribution is 2.42. The number of rotatable bonds is 4. The van der Waals surface area contributed by atoms with E-state index in [1.807, 2.05) is 20.8 Å². The molecule has 0 aliphatic rings. The van der Waals surface area contributed by atoms with Crippen LogP contribution in [-0.2, 0) is 15.4 Å². The third-order valence-electron chi connectivity index (χ3n) is 4.98. The minimum atomic E-state index is -4.60. The van der Waals surface area contributed by atoms with E-state index in [1.54, 1.807) is 6.07 Å². The van der Waals surface area contributed by atoms with Crippen molar-refractivity contribution in [1.29, 1.82) is 0 Å². The molecule has 4 aromatic rings. The molecule has 6 nitrogen and oxygen atoms in total. The number of halogens is 4. The molecule has 2 heterocycles. The molecule has 35 heavy (non-hydrogen) atoms. The van der Waals surface area contributed by atoms with Crippen molar-refractivity contribution in [3.63, 3.8) is 0 Å². The van der Waals surface area contributed by atoms with Crippen LogP contribution in [0.1, 0.15) is 25.8 Å². The predicted molar refractivity (Wildman–Crippen MR) is 129 cm³/mol. The molecule has 0 atom stereocenters. The Balaban J connectivity index is 1.99. The molecule has 12 heteroatoms. The first-order valence-electron chi connectivity index (χ1n) is 10.1. The van der Waals surface area contributed by atoms with Crippen molar-refractivity contribution in [2.45, 2.75) is 31.1 Å². The van der Waals surface area contributed by atoms with Crippen molar-refractivity contribution in [3.05, 3.63) is 70.3 Å². The molecule has 0 bridgehead atoms. The second-order valence-electron chi connectivity index (χ2n) is 8.64. The predicted octanol–water partition coefficient (Wildman–Crippen LogP) is 5.95. The third-order valence-corrected chi connectivity index (χ3v) is 7.58. The van der Waals surface area contributed by atoms with Crippen molar-refractivity contribution in [2.75, 3.05) is 0 Å². The van der Waals surface area contributed by atoms with Gasteiger partial charge in [-0.05, 0) is 35.9 Å². The molecule has 0 amide bonds. The Morgan fingerprint density at radius 2 is 1.66 bits per heavy atom. The first kappa shape index (κ1) is 25.2. The van der Waals surface area contributed by atoms with Gasteiger partial charge in [-0.15, -0.1) is 11.3 Å². The lowest BCUT2D eigenvalue weighted by Gasteiger charge is -2.14. The van der Waals surface area contributed by atoms with Crippen LogP contribution >= 0.6 is 22.9 Å². The maximum Gasteiger partial charge on any atom is 0.241 e. The van der Waals surface area contributed by atoms with Crippen LogP contribution in [0.3, 0.4) is 0 Å². The van der Waals surface area contributed by atoms with E-state index in [-0.39, 0.29) is 27.5 Å². The fourth-order valence-electron chi connectivity index (χ4n) is 3.35. The lowest BCUT2D eigenvalue weighted by molar-refractivity contribution is 0.554. The number of nitrogens with zero attached hydrogens (tertiary/aromatic N) is 3.